The Kier molecular flexibility index (Phi) is 4.01. The van der Waals surface area contributed by atoms with Gasteiger partial charge in [-0.1, -0.05) is 22.9 Å². The van der Waals surface area contributed by atoms with Gasteiger partial charge >= 0.3 is 0 Å². The van der Waals surface area contributed by atoms with E-state index in [0.29, 0.717) is 17.5 Å². The van der Waals surface area contributed by atoms with Gasteiger partial charge in [0.2, 0.25) is 0 Å². The molecular formula is C16H13FN2OS. The van der Waals surface area contributed by atoms with E-state index in [-0.39, 0.29) is 5.82 Å². The summed E-state index contributed by atoms with van der Waals surface area (Å²) in [5, 5.41) is 3.95. The molecule has 0 spiro atoms. The second-order valence-electron chi connectivity index (χ2n) is 4.62. The fourth-order valence-electron chi connectivity index (χ4n) is 1.80. The lowest BCUT2D eigenvalue weighted by molar-refractivity contribution is 0.425. The van der Waals surface area contributed by atoms with Crippen molar-refractivity contribution < 1.29 is 8.91 Å². The summed E-state index contributed by atoms with van der Waals surface area (Å²) < 4.78 is 18.1. The van der Waals surface area contributed by atoms with Crippen LogP contribution in [0.25, 0.3) is 11.5 Å². The van der Waals surface area contributed by atoms with E-state index >= 15 is 0 Å². The van der Waals surface area contributed by atoms with Crippen LogP contribution >= 0.6 is 11.8 Å². The zero-order chi connectivity index (χ0) is 14.7. The van der Waals surface area contributed by atoms with Crippen LogP contribution in [0, 0.1) is 12.7 Å². The van der Waals surface area contributed by atoms with E-state index in [1.54, 1.807) is 23.9 Å². The summed E-state index contributed by atoms with van der Waals surface area (Å²) in [6.07, 6.45) is 0. The fourth-order valence-corrected chi connectivity index (χ4v) is 2.55. The SMILES string of the molecule is Cc1ccc(SCc2noc(-c3ccc(F)cc3)n2)cc1. The molecular weight excluding hydrogens is 287 g/mol. The summed E-state index contributed by atoms with van der Waals surface area (Å²) in [6, 6.07) is 14.3. The Morgan fingerprint density at radius 2 is 1.76 bits per heavy atom. The van der Waals surface area contributed by atoms with Crippen molar-refractivity contribution >= 4 is 11.8 Å². The number of hydrogen-bond acceptors (Lipinski definition) is 4. The van der Waals surface area contributed by atoms with E-state index in [0.717, 1.165) is 10.5 Å². The van der Waals surface area contributed by atoms with Crippen molar-refractivity contribution in [3.8, 4) is 11.5 Å². The third-order valence-electron chi connectivity index (χ3n) is 2.95. The van der Waals surface area contributed by atoms with Gasteiger partial charge in [0.15, 0.2) is 5.82 Å². The molecule has 2 aromatic carbocycles. The average Bonchev–Trinajstić information content (AvgIpc) is 2.96. The Morgan fingerprint density at radius 3 is 2.48 bits per heavy atom. The molecule has 0 saturated carbocycles. The molecule has 0 atom stereocenters. The lowest BCUT2D eigenvalue weighted by atomic mass is 10.2. The van der Waals surface area contributed by atoms with Crippen LogP contribution in [0.3, 0.4) is 0 Å². The van der Waals surface area contributed by atoms with Gasteiger partial charge in [-0.3, -0.25) is 0 Å². The number of nitrogens with zero attached hydrogens (tertiary/aromatic N) is 2. The average molecular weight is 300 g/mol. The zero-order valence-corrected chi connectivity index (χ0v) is 12.2. The minimum Gasteiger partial charge on any atom is -0.334 e. The van der Waals surface area contributed by atoms with Crippen molar-refractivity contribution in [2.75, 3.05) is 0 Å². The maximum Gasteiger partial charge on any atom is 0.257 e. The largest absolute Gasteiger partial charge is 0.334 e. The standard InChI is InChI=1S/C16H13FN2OS/c1-11-2-8-14(9-3-11)21-10-15-18-16(20-19-15)12-4-6-13(17)7-5-12/h2-9H,10H2,1H3. The quantitative estimate of drug-likeness (QED) is 0.666. The molecule has 0 amide bonds. The maximum atomic E-state index is 12.9. The van der Waals surface area contributed by atoms with Crippen molar-refractivity contribution in [2.24, 2.45) is 0 Å². The van der Waals surface area contributed by atoms with Gasteiger partial charge in [-0.2, -0.15) is 4.98 Å². The molecule has 0 N–H and O–H groups in total. The predicted octanol–water partition coefficient (Wildman–Crippen LogP) is 4.48. The molecule has 0 aliphatic rings. The van der Waals surface area contributed by atoms with Crippen LogP contribution in [-0.2, 0) is 5.75 Å². The van der Waals surface area contributed by atoms with Crippen molar-refractivity contribution in [1.82, 2.24) is 10.1 Å². The monoisotopic (exact) mass is 300 g/mol. The first-order chi connectivity index (χ1) is 10.2. The van der Waals surface area contributed by atoms with Gasteiger partial charge in [0.05, 0.1) is 5.75 Å². The number of hydrogen-bond donors (Lipinski definition) is 0. The molecule has 5 heteroatoms. The zero-order valence-electron chi connectivity index (χ0n) is 11.4. The number of thioether (sulfide) groups is 1. The predicted molar refractivity (Wildman–Crippen MR) is 80.4 cm³/mol. The molecule has 106 valence electrons. The normalized spacial score (nSPS) is 10.8. The van der Waals surface area contributed by atoms with Crippen LogP contribution in [0.4, 0.5) is 4.39 Å². The molecule has 3 nitrogen and oxygen atoms in total. The number of rotatable bonds is 4. The van der Waals surface area contributed by atoms with Crippen LogP contribution in [0.5, 0.6) is 0 Å². The summed E-state index contributed by atoms with van der Waals surface area (Å²) in [4.78, 5) is 5.48. The van der Waals surface area contributed by atoms with Gasteiger partial charge in [0.1, 0.15) is 5.82 Å². The van der Waals surface area contributed by atoms with E-state index in [2.05, 4.69) is 41.3 Å². The van der Waals surface area contributed by atoms with Crippen LogP contribution < -0.4 is 0 Å². The highest BCUT2D eigenvalue weighted by atomic mass is 32.2. The molecule has 0 unspecified atom stereocenters. The van der Waals surface area contributed by atoms with E-state index in [1.807, 2.05) is 0 Å². The first kappa shape index (κ1) is 13.8. The van der Waals surface area contributed by atoms with Gasteiger partial charge in [-0.25, -0.2) is 4.39 Å². The highest BCUT2D eigenvalue weighted by Gasteiger charge is 2.09. The van der Waals surface area contributed by atoms with Gasteiger partial charge in [-0.05, 0) is 43.3 Å². The number of aryl methyl sites for hydroxylation is 1. The fraction of sp³-hybridized carbons (Fsp3) is 0.125. The molecule has 0 bridgehead atoms. The van der Waals surface area contributed by atoms with Gasteiger partial charge in [-0.15, -0.1) is 11.8 Å². The molecule has 3 rings (SSSR count). The first-order valence-electron chi connectivity index (χ1n) is 6.49. The smallest absolute Gasteiger partial charge is 0.257 e. The van der Waals surface area contributed by atoms with Gasteiger partial charge in [0.25, 0.3) is 5.89 Å². The minimum absolute atomic E-state index is 0.284. The Bertz CT molecular complexity index is 723. The van der Waals surface area contributed by atoms with Gasteiger partial charge < -0.3 is 4.52 Å². The van der Waals surface area contributed by atoms with E-state index in [1.165, 1.54) is 17.7 Å². The Hall–Kier alpha value is -2.14. The maximum absolute atomic E-state index is 12.9. The second kappa shape index (κ2) is 6.10. The highest BCUT2D eigenvalue weighted by Crippen LogP contribution is 2.23. The van der Waals surface area contributed by atoms with E-state index in [4.69, 9.17) is 4.52 Å². The lowest BCUT2D eigenvalue weighted by Crippen LogP contribution is -1.84. The van der Waals surface area contributed by atoms with Gasteiger partial charge in [0, 0.05) is 10.5 Å². The second-order valence-corrected chi connectivity index (χ2v) is 5.67. The summed E-state index contributed by atoms with van der Waals surface area (Å²) in [7, 11) is 0. The topological polar surface area (TPSA) is 38.9 Å². The molecule has 21 heavy (non-hydrogen) atoms. The number of aromatic nitrogens is 2. The Balaban J connectivity index is 1.67. The van der Waals surface area contributed by atoms with Crippen molar-refractivity contribution in [3.05, 3.63) is 65.7 Å². The van der Waals surface area contributed by atoms with Crippen molar-refractivity contribution in [3.63, 3.8) is 0 Å². The number of benzene rings is 2. The van der Waals surface area contributed by atoms with E-state index < -0.39 is 0 Å². The third kappa shape index (κ3) is 3.49. The molecule has 3 aromatic rings. The molecule has 0 saturated heterocycles. The molecule has 0 aliphatic carbocycles. The van der Waals surface area contributed by atoms with Crippen molar-refractivity contribution in [1.29, 1.82) is 0 Å². The molecule has 0 aliphatic heterocycles. The Labute approximate surface area is 126 Å². The van der Waals surface area contributed by atoms with Crippen LogP contribution in [0.15, 0.2) is 57.9 Å². The van der Waals surface area contributed by atoms with E-state index in [9.17, 15) is 4.39 Å². The van der Waals surface area contributed by atoms with Crippen molar-refractivity contribution in [2.45, 2.75) is 17.6 Å². The molecule has 1 aromatic heterocycles. The summed E-state index contributed by atoms with van der Waals surface area (Å²) in [5.74, 6) is 1.39. The van der Waals surface area contributed by atoms with Crippen LogP contribution in [0.1, 0.15) is 11.4 Å². The summed E-state index contributed by atoms with van der Waals surface area (Å²) in [6.45, 7) is 2.06. The molecule has 0 fully saturated rings. The summed E-state index contributed by atoms with van der Waals surface area (Å²) >= 11 is 1.65. The third-order valence-corrected chi connectivity index (χ3v) is 3.96. The van der Waals surface area contributed by atoms with Crippen LogP contribution in [0.2, 0.25) is 0 Å². The first-order valence-corrected chi connectivity index (χ1v) is 7.47. The van der Waals surface area contributed by atoms with Crippen LogP contribution in [-0.4, -0.2) is 10.1 Å². The highest BCUT2D eigenvalue weighted by molar-refractivity contribution is 7.98. The lowest BCUT2D eigenvalue weighted by Gasteiger charge is -1.98. The summed E-state index contributed by atoms with van der Waals surface area (Å²) in [5.41, 5.74) is 1.95. The number of halogens is 1. The Morgan fingerprint density at radius 1 is 1.05 bits per heavy atom. The minimum atomic E-state index is -0.284. The molecule has 1 heterocycles. The molecule has 0 radical (unpaired) electrons.